The Bertz CT molecular complexity index is 600. The van der Waals surface area contributed by atoms with Crippen LogP contribution in [0.3, 0.4) is 0 Å². The summed E-state index contributed by atoms with van der Waals surface area (Å²) in [6.07, 6.45) is 7.77. The van der Waals surface area contributed by atoms with Crippen molar-refractivity contribution >= 4 is 5.91 Å². The molecule has 1 atom stereocenters. The minimum atomic E-state index is 0.0540. The zero-order valence-electron chi connectivity index (χ0n) is 13.7. The van der Waals surface area contributed by atoms with Crippen LogP contribution in [0.15, 0.2) is 18.3 Å². The molecule has 1 aliphatic heterocycles. The quantitative estimate of drug-likeness (QED) is 0.896. The average molecular weight is 329 g/mol. The Hall–Kier alpha value is -2.13. The van der Waals surface area contributed by atoms with Crippen LogP contribution in [-0.2, 0) is 9.53 Å². The van der Waals surface area contributed by atoms with Crippen molar-refractivity contribution in [3.8, 4) is 11.9 Å². The molecule has 0 aromatic carbocycles. The summed E-state index contributed by atoms with van der Waals surface area (Å²) < 4.78 is 11.4. The van der Waals surface area contributed by atoms with Gasteiger partial charge >= 0.3 is 0 Å². The Morgan fingerprint density at radius 3 is 2.92 bits per heavy atom. The van der Waals surface area contributed by atoms with Gasteiger partial charge in [-0.15, -0.1) is 0 Å². The maximum Gasteiger partial charge on any atom is 0.231 e. The number of nitrogens with one attached hydrogen (secondary N) is 1. The van der Waals surface area contributed by atoms with Crippen molar-refractivity contribution in [1.82, 2.24) is 10.3 Å². The van der Waals surface area contributed by atoms with Gasteiger partial charge in [0.1, 0.15) is 17.7 Å². The van der Waals surface area contributed by atoms with Crippen LogP contribution < -0.4 is 10.1 Å². The molecule has 0 spiro atoms. The fourth-order valence-electron chi connectivity index (χ4n) is 3.35. The summed E-state index contributed by atoms with van der Waals surface area (Å²) in [5, 5.41) is 12.2. The minimum absolute atomic E-state index is 0.0540. The summed E-state index contributed by atoms with van der Waals surface area (Å²) in [5.74, 6) is 0.494. The van der Waals surface area contributed by atoms with Gasteiger partial charge in [0.2, 0.25) is 11.8 Å². The molecule has 6 heteroatoms. The lowest BCUT2D eigenvalue weighted by molar-refractivity contribution is -0.124. The zero-order chi connectivity index (χ0) is 16.8. The van der Waals surface area contributed by atoms with Gasteiger partial charge in [-0.2, -0.15) is 5.26 Å². The number of aromatic nitrogens is 1. The SMILES string of the molecule is N#Cc1cccnc1OC1CCC(NC(=O)CC2CCCO2)CC1. The lowest BCUT2D eigenvalue weighted by Gasteiger charge is -2.29. The molecule has 24 heavy (non-hydrogen) atoms. The monoisotopic (exact) mass is 329 g/mol. The number of carbonyl (C=O) groups is 1. The van der Waals surface area contributed by atoms with Gasteiger partial charge in [0.15, 0.2) is 0 Å². The fourth-order valence-corrected chi connectivity index (χ4v) is 3.35. The molecule has 1 unspecified atom stereocenters. The second-order valence-corrected chi connectivity index (χ2v) is 6.47. The van der Waals surface area contributed by atoms with Gasteiger partial charge in [-0.3, -0.25) is 4.79 Å². The second-order valence-electron chi connectivity index (χ2n) is 6.47. The summed E-state index contributed by atoms with van der Waals surface area (Å²) in [4.78, 5) is 16.2. The van der Waals surface area contributed by atoms with E-state index in [0.717, 1.165) is 45.1 Å². The molecule has 1 aliphatic carbocycles. The van der Waals surface area contributed by atoms with E-state index in [-0.39, 0.29) is 24.2 Å². The van der Waals surface area contributed by atoms with Crippen LogP contribution in [0, 0.1) is 11.3 Å². The highest BCUT2D eigenvalue weighted by atomic mass is 16.5. The molecule has 1 saturated carbocycles. The van der Waals surface area contributed by atoms with Gasteiger partial charge in [-0.25, -0.2) is 4.98 Å². The van der Waals surface area contributed by atoms with Crippen molar-refractivity contribution in [2.24, 2.45) is 0 Å². The number of carbonyl (C=O) groups excluding carboxylic acids is 1. The number of amides is 1. The number of pyridine rings is 1. The van der Waals surface area contributed by atoms with Crippen LogP contribution in [-0.4, -0.2) is 35.7 Å². The number of rotatable bonds is 5. The lowest BCUT2D eigenvalue weighted by Crippen LogP contribution is -2.40. The van der Waals surface area contributed by atoms with Crippen LogP contribution in [0.25, 0.3) is 0 Å². The predicted molar refractivity (Wildman–Crippen MR) is 87.4 cm³/mol. The van der Waals surface area contributed by atoms with E-state index in [0.29, 0.717) is 17.9 Å². The van der Waals surface area contributed by atoms with Gasteiger partial charge in [-0.05, 0) is 50.7 Å². The molecule has 0 radical (unpaired) electrons. The van der Waals surface area contributed by atoms with Crippen molar-refractivity contribution in [2.45, 2.75) is 63.2 Å². The molecule has 1 saturated heterocycles. The van der Waals surface area contributed by atoms with Crippen LogP contribution in [0.4, 0.5) is 0 Å². The predicted octanol–water partition coefficient (Wildman–Crippen LogP) is 2.33. The fraction of sp³-hybridized carbons (Fsp3) is 0.611. The van der Waals surface area contributed by atoms with Crippen molar-refractivity contribution in [3.63, 3.8) is 0 Å². The first-order chi connectivity index (χ1) is 11.7. The van der Waals surface area contributed by atoms with Crippen LogP contribution in [0.5, 0.6) is 5.88 Å². The largest absolute Gasteiger partial charge is 0.473 e. The van der Waals surface area contributed by atoms with Crippen LogP contribution in [0.2, 0.25) is 0 Å². The van der Waals surface area contributed by atoms with E-state index in [1.54, 1.807) is 18.3 Å². The highest BCUT2D eigenvalue weighted by molar-refractivity contribution is 5.76. The lowest BCUT2D eigenvalue weighted by atomic mass is 9.92. The molecule has 6 nitrogen and oxygen atoms in total. The number of hydrogen-bond donors (Lipinski definition) is 1. The normalized spacial score (nSPS) is 26.5. The van der Waals surface area contributed by atoms with Gasteiger partial charge in [0.05, 0.1) is 12.5 Å². The Morgan fingerprint density at radius 2 is 2.21 bits per heavy atom. The topological polar surface area (TPSA) is 84.2 Å². The molecule has 128 valence electrons. The molecular weight excluding hydrogens is 306 g/mol. The maximum atomic E-state index is 12.1. The van der Waals surface area contributed by atoms with Crippen molar-refractivity contribution < 1.29 is 14.3 Å². The Labute approximate surface area is 142 Å². The van der Waals surface area contributed by atoms with E-state index in [4.69, 9.17) is 14.7 Å². The molecule has 0 bridgehead atoms. The third-order valence-electron chi connectivity index (χ3n) is 4.65. The van der Waals surface area contributed by atoms with Gasteiger partial charge in [0, 0.05) is 18.8 Å². The molecule has 1 aromatic heterocycles. The van der Waals surface area contributed by atoms with E-state index >= 15 is 0 Å². The molecule has 1 amide bonds. The summed E-state index contributed by atoms with van der Waals surface area (Å²) in [5.41, 5.74) is 0.462. The third-order valence-corrected chi connectivity index (χ3v) is 4.65. The molecule has 1 aromatic rings. The van der Waals surface area contributed by atoms with Crippen molar-refractivity contribution in [3.05, 3.63) is 23.9 Å². The zero-order valence-corrected chi connectivity index (χ0v) is 13.7. The first kappa shape index (κ1) is 16.7. The van der Waals surface area contributed by atoms with Crippen LogP contribution in [0.1, 0.15) is 50.5 Å². The smallest absolute Gasteiger partial charge is 0.231 e. The molecular formula is C18H23N3O3. The number of nitriles is 1. The van der Waals surface area contributed by atoms with E-state index in [2.05, 4.69) is 16.4 Å². The minimum Gasteiger partial charge on any atom is -0.473 e. The van der Waals surface area contributed by atoms with E-state index in [1.165, 1.54) is 0 Å². The number of ether oxygens (including phenoxy) is 2. The molecule has 1 N–H and O–H groups in total. The number of nitrogens with zero attached hydrogens (tertiary/aromatic N) is 2. The summed E-state index contributed by atoms with van der Waals surface area (Å²) in [6, 6.07) is 5.74. The van der Waals surface area contributed by atoms with Crippen molar-refractivity contribution in [1.29, 1.82) is 5.26 Å². The standard InChI is InChI=1S/C18H23N3O3/c19-12-13-3-1-9-20-18(13)24-15-7-5-14(6-8-15)21-17(22)11-16-4-2-10-23-16/h1,3,9,14-16H,2,4-8,10-11H2,(H,21,22). The maximum absolute atomic E-state index is 12.1. The van der Waals surface area contributed by atoms with Crippen LogP contribution >= 0.6 is 0 Å². The molecule has 3 rings (SSSR count). The van der Waals surface area contributed by atoms with Gasteiger partial charge in [0.25, 0.3) is 0 Å². The van der Waals surface area contributed by atoms with Gasteiger partial charge in [-0.1, -0.05) is 0 Å². The van der Waals surface area contributed by atoms with E-state index < -0.39 is 0 Å². The Kier molecular flexibility index (Phi) is 5.65. The molecule has 2 fully saturated rings. The molecule has 2 aliphatic rings. The second kappa shape index (κ2) is 8.11. The van der Waals surface area contributed by atoms with E-state index in [9.17, 15) is 4.79 Å². The highest BCUT2D eigenvalue weighted by Crippen LogP contribution is 2.25. The first-order valence-electron chi connectivity index (χ1n) is 8.67. The van der Waals surface area contributed by atoms with E-state index in [1.807, 2.05) is 0 Å². The molecule has 2 heterocycles. The summed E-state index contributed by atoms with van der Waals surface area (Å²) in [7, 11) is 0. The first-order valence-corrected chi connectivity index (χ1v) is 8.67. The Morgan fingerprint density at radius 1 is 1.38 bits per heavy atom. The average Bonchev–Trinajstić information content (AvgIpc) is 3.10. The van der Waals surface area contributed by atoms with Gasteiger partial charge < -0.3 is 14.8 Å². The summed E-state index contributed by atoms with van der Waals surface area (Å²) >= 11 is 0. The highest BCUT2D eigenvalue weighted by Gasteiger charge is 2.26. The Balaban J connectivity index is 1.42. The number of hydrogen-bond acceptors (Lipinski definition) is 5. The van der Waals surface area contributed by atoms with Crippen molar-refractivity contribution in [2.75, 3.05) is 6.61 Å². The summed E-state index contributed by atoms with van der Waals surface area (Å²) in [6.45, 7) is 0.776. The third kappa shape index (κ3) is 4.45.